The number of ether oxygens (including phenoxy) is 2. The van der Waals surface area contributed by atoms with E-state index in [2.05, 4.69) is 55.5 Å². The molecule has 0 bridgehead atoms. The fourth-order valence-electron chi connectivity index (χ4n) is 3.17. The van der Waals surface area contributed by atoms with Crippen LogP contribution in [0.1, 0.15) is 36.3 Å². The fraction of sp³-hybridized carbons (Fsp3) is 0.385. The van der Waals surface area contributed by atoms with Gasteiger partial charge in [0.15, 0.2) is 0 Å². The Kier molecular flexibility index (Phi) is 10.7. The molecule has 0 amide bonds. The predicted octanol–water partition coefficient (Wildman–Crippen LogP) is 5.48. The molecule has 2 unspecified atom stereocenters. The van der Waals surface area contributed by atoms with E-state index in [1.807, 2.05) is 37.3 Å². The zero-order chi connectivity index (χ0) is 22.6. The van der Waals surface area contributed by atoms with E-state index in [0.717, 1.165) is 12.2 Å². The summed E-state index contributed by atoms with van der Waals surface area (Å²) in [5.74, 6) is 0.899. The molecule has 2 N–H and O–H groups in total. The lowest BCUT2D eigenvalue weighted by Gasteiger charge is -2.21. The van der Waals surface area contributed by atoms with E-state index >= 15 is 0 Å². The zero-order valence-electron chi connectivity index (χ0n) is 18.9. The number of aliphatic hydroxyl groups excluding tert-OH is 2. The number of aryl methyl sites for hydroxylation is 1. The Morgan fingerprint density at radius 3 is 2.13 bits per heavy atom. The maximum Gasteiger partial charge on any atom is 0.118 e. The van der Waals surface area contributed by atoms with E-state index in [9.17, 15) is 0 Å². The van der Waals surface area contributed by atoms with Gasteiger partial charge in [0.25, 0.3) is 0 Å². The van der Waals surface area contributed by atoms with Crippen molar-refractivity contribution in [3.05, 3.63) is 76.7 Å². The smallest absolute Gasteiger partial charge is 0.118 e. The molecule has 31 heavy (non-hydrogen) atoms. The van der Waals surface area contributed by atoms with Gasteiger partial charge in [-0.3, -0.25) is 0 Å². The molecular weight excluding hydrogens is 408 g/mol. The summed E-state index contributed by atoms with van der Waals surface area (Å²) in [6.45, 7) is 6.92. The Hall–Kier alpha value is -2.18. The molecular formula is C26H34O4S. The number of hydrogen-bond donors (Lipinski definition) is 2. The first-order chi connectivity index (χ1) is 15.0. The SMILES string of the molecule is CC.COc1ccc(-c2ccc(Cc3ccccc3C)s2)cc1.OC1COCC(O)C1. The van der Waals surface area contributed by atoms with Crippen LogP contribution in [0.25, 0.3) is 10.4 Å². The average molecular weight is 443 g/mol. The van der Waals surface area contributed by atoms with Crippen LogP contribution in [0.3, 0.4) is 0 Å². The zero-order valence-corrected chi connectivity index (χ0v) is 19.7. The Balaban J connectivity index is 0.000000286. The van der Waals surface area contributed by atoms with Crippen LogP contribution < -0.4 is 4.74 Å². The quantitative estimate of drug-likeness (QED) is 0.562. The average Bonchev–Trinajstić information content (AvgIpc) is 3.26. The van der Waals surface area contributed by atoms with Crippen molar-refractivity contribution < 1.29 is 19.7 Å². The molecule has 2 heterocycles. The van der Waals surface area contributed by atoms with Crippen LogP contribution in [-0.2, 0) is 11.2 Å². The molecule has 4 rings (SSSR count). The molecule has 1 fully saturated rings. The highest BCUT2D eigenvalue weighted by molar-refractivity contribution is 7.15. The summed E-state index contributed by atoms with van der Waals surface area (Å²) in [7, 11) is 1.69. The van der Waals surface area contributed by atoms with Gasteiger partial charge in [0.05, 0.1) is 32.5 Å². The third-order valence-corrected chi connectivity index (χ3v) is 5.96. The molecule has 3 aromatic rings. The van der Waals surface area contributed by atoms with Crippen molar-refractivity contribution in [3.8, 4) is 16.2 Å². The summed E-state index contributed by atoms with van der Waals surface area (Å²) < 4.78 is 10.00. The van der Waals surface area contributed by atoms with Crippen molar-refractivity contribution >= 4 is 11.3 Å². The first-order valence-electron chi connectivity index (χ1n) is 10.8. The molecule has 2 aromatic carbocycles. The second-order valence-corrected chi connectivity index (χ2v) is 8.35. The molecule has 2 atom stereocenters. The van der Waals surface area contributed by atoms with Gasteiger partial charge in [-0.1, -0.05) is 38.1 Å². The second-order valence-electron chi connectivity index (χ2n) is 7.18. The molecule has 0 saturated carbocycles. The van der Waals surface area contributed by atoms with Gasteiger partial charge >= 0.3 is 0 Å². The Morgan fingerprint density at radius 1 is 0.935 bits per heavy atom. The van der Waals surface area contributed by atoms with E-state index in [-0.39, 0.29) is 0 Å². The van der Waals surface area contributed by atoms with Crippen molar-refractivity contribution in [3.63, 3.8) is 0 Å². The van der Waals surface area contributed by atoms with Gasteiger partial charge in [0, 0.05) is 22.6 Å². The van der Waals surface area contributed by atoms with Gasteiger partial charge in [0.2, 0.25) is 0 Å². The standard InChI is InChI=1S/C19H18OS.C5H10O3.C2H6/c1-14-5-3-4-6-16(14)13-18-11-12-19(21-18)15-7-9-17(20-2)10-8-15;6-4-1-5(7)3-8-2-4;1-2/h3-12H,13H2,1-2H3;4-7H,1-3H2;1-2H3. The van der Waals surface area contributed by atoms with Crippen molar-refractivity contribution in [1.29, 1.82) is 0 Å². The minimum absolute atomic E-state index is 0.372. The lowest BCUT2D eigenvalue weighted by molar-refractivity contribution is -0.0714. The van der Waals surface area contributed by atoms with Crippen molar-refractivity contribution in [1.82, 2.24) is 0 Å². The largest absolute Gasteiger partial charge is 0.497 e. The van der Waals surface area contributed by atoms with Crippen LogP contribution >= 0.6 is 11.3 Å². The number of thiophene rings is 1. The third kappa shape index (κ3) is 8.11. The van der Waals surface area contributed by atoms with Gasteiger partial charge in [-0.25, -0.2) is 0 Å². The number of hydrogen-bond acceptors (Lipinski definition) is 5. The molecule has 5 heteroatoms. The fourth-order valence-corrected chi connectivity index (χ4v) is 4.21. The molecule has 4 nitrogen and oxygen atoms in total. The summed E-state index contributed by atoms with van der Waals surface area (Å²) in [5, 5.41) is 17.6. The molecule has 168 valence electrons. The molecule has 1 aromatic heterocycles. The predicted molar refractivity (Wildman–Crippen MR) is 129 cm³/mol. The summed E-state index contributed by atoms with van der Waals surface area (Å²) in [6.07, 6.45) is 0.547. The molecule has 1 aliphatic rings. The second kappa shape index (κ2) is 13.3. The lowest BCUT2D eigenvalue weighted by Crippen LogP contribution is -2.32. The van der Waals surface area contributed by atoms with Gasteiger partial charge < -0.3 is 19.7 Å². The Morgan fingerprint density at radius 2 is 1.58 bits per heavy atom. The topological polar surface area (TPSA) is 58.9 Å². The van der Waals surface area contributed by atoms with Gasteiger partial charge in [-0.05, 0) is 60.0 Å². The van der Waals surface area contributed by atoms with Gasteiger partial charge in [-0.15, -0.1) is 11.3 Å². The number of benzene rings is 2. The van der Waals surface area contributed by atoms with Crippen LogP contribution in [0.4, 0.5) is 0 Å². The van der Waals surface area contributed by atoms with Gasteiger partial charge in [0.1, 0.15) is 5.75 Å². The number of methoxy groups -OCH3 is 1. The minimum Gasteiger partial charge on any atom is -0.497 e. The molecule has 0 aliphatic carbocycles. The summed E-state index contributed by atoms with van der Waals surface area (Å²) in [4.78, 5) is 2.70. The molecule has 1 saturated heterocycles. The van der Waals surface area contributed by atoms with E-state index in [0.29, 0.717) is 19.6 Å². The number of aliphatic hydroxyl groups is 2. The highest BCUT2D eigenvalue weighted by Crippen LogP contribution is 2.31. The lowest BCUT2D eigenvalue weighted by atomic mass is 10.1. The van der Waals surface area contributed by atoms with Crippen LogP contribution in [-0.4, -0.2) is 42.7 Å². The number of rotatable bonds is 4. The van der Waals surface area contributed by atoms with Crippen LogP contribution in [0, 0.1) is 6.92 Å². The van der Waals surface area contributed by atoms with Crippen molar-refractivity contribution in [2.75, 3.05) is 20.3 Å². The molecule has 0 spiro atoms. The molecule has 0 radical (unpaired) electrons. The van der Waals surface area contributed by atoms with Crippen LogP contribution in [0.2, 0.25) is 0 Å². The highest BCUT2D eigenvalue weighted by Gasteiger charge is 2.17. The van der Waals surface area contributed by atoms with Gasteiger partial charge in [-0.2, -0.15) is 0 Å². The van der Waals surface area contributed by atoms with E-state index in [1.165, 1.54) is 26.4 Å². The van der Waals surface area contributed by atoms with Crippen molar-refractivity contribution in [2.45, 2.75) is 45.8 Å². The first-order valence-corrected chi connectivity index (χ1v) is 11.6. The Bertz CT molecular complexity index is 880. The summed E-state index contributed by atoms with van der Waals surface area (Å²) in [5.41, 5.74) is 4.01. The van der Waals surface area contributed by atoms with Crippen LogP contribution in [0.15, 0.2) is 60.7 Å². The molecule has 1 aliphatic heterocycles. The van der Waals surface area contributed by atoms with Crippen molar-refractivity contribution in [2.24, 2.45) is 0 Å². The minimum atomic E-state index is -0.459. The van der Waals surface area contributed by atoms with E-state index in [1.54, 1.807) is 7.11 Å². The monoisotopic (exact) mass is 442 g/mol. The maximum atomic E-state index is 8.79. The summed E-state index contributed by atoms with van der Waals surface area (Å²) in [6, 6.07) is 21.3. The summed E-state index contributed by atoms with van der Waals surface area (Å²) >= 11 is 1.86. The normalized spacial score (nSPS) is 17.6. The first kappa shape index (κ1) is 25.1. The Labute approximate surface area is 190 Å². The maximum absolute atomic E-state index is 8.79. The van der Waals surface area contributed by atoms with Crippen LogP contribution in [0.5, 0.6) is 5.75 Å². The van der Waals surface area contributed by atoms with E-state index in [4.69, 9.17) is 19.7 Å². The third-order valence-electron chi connectivity index (χ3n) is 4.83. The van der Waals surface area contributed by atoms with E-state index < -0.39 is 12.2 Å². The highest BCUT2D eigenvalue weighted by atomic mass is 32.1.